The minimum Gasteiger partial charge on any atom is -0.496 e. The van der Waals surface area contributed by atoms with Gasteiger partial charge in [-0.15, -0.1) is 0 Å². The average Bonchev–Trinajstić information content (AvgIpc) is 3.05. The van der Waals surface area contributed by atoms with Gasteiger partial charge in [0.15, 0.2) is 0 Å². The zero-order valence-corrected chi connectivity index (χ0v) is 16.0. The van der Waals surface area contributed by atoms with Crippen LogP contribution in [0.2, 0.25) is 0 Å². The van der Waals surface area contributed by atoms with E-state index in [9.17, 15) is 5.11 Å². The molecule has 4 nitrogen and oxygen atoms in total. The molecule has 134 valence electrons. The number of rotatable bonds is 6. The number of ether oxygens (including phenoxy) is 2. The molecule has 0 amide bonds. The van der Waals surface area contributed by atoms with Crippen molar-refractivity contribution in [2.24, 2.45) is 5.92 Å². The van der Waals surface area contributed by atoms with Gasteiger partial charge in [0.1, 0.15) is 5.75 Å². The van der Waals surface area contributed by atoms with E-state index in [1.54, 1.807) is 7.11 Å². The predicted octanol–water partition coefficient (Wildman–Crippen LogP) is 3.25. The average molecular weight is 398 g/mol. The second-order valence-corrected chi connectivity index (χ2v) is 7.82. The number of aliphatic hydroxyl groups is 1. The highest BCUT2D eigenvalue weighted by atomic mass is 79.9. The van der Waals surface area contributed by atoms with Gasteiger partial charge in [0.2, 0.25) is 0 Å². The first kappa shape index (κ1) is 18.2. The van der Waals surface area contributed by atoms with Gasteiger partial charge in [0, 0.05) is 23.0 Å². The monoisotopic (exact) mass is 397 g/mol. The Balaban J connectivity index is 1.54. The lowest BCUT2D eigenvalue weighted by molar-refractivity contribution is -0.0626. The van der Waals surface area contributed by atoms with Crippen molar-refractivity contribution in [1.82, 2.24) is 4.90 Å². The van der Waals surface area contributed by atoms with Gasteiger partial charge in [-0.2, -0.15) is 0 Å². The molecule has 5 heteroatoms. The quantitative estimate of drug-likeness (QED) is 0.799. The number of aryl methyl sites for hydroxylation is 1. The summed E-state index contributed by atoms with van der Waals surface area (Å²) in [7, 11) is 1.73. The number of benzene rings is 1. The summed E-state index contributed by atoms with van der Waals surface area (Å²) in [4.78, 5) is 2.56. The maximum Gasteiger partial charge on any atom is 0.123 e. The van der Waals surface area contributed by atoms with E-state index in [0.29, 0.717) is 19.3 Å². The van der Waals surface area contributed by atoms with E-state index in [4.69, 9.17) is 9.47 Å². The molecule has 0 aromatic heterocycles. The van der Waals surface area contributed by atoms with Gasteiger partial charge >= 0.3 is 0 Å². The molecule has 2 aliphatic rings. The molecule has 3 unspecified atom stereocenters. The van der Waals surface area contributed by atoms with Crippen molar-refractivity contribution in [3.05, 3.63) is 28.2 Å². The fourth-order valence-electron chi connectivity index (χ4n) is 4.13. The number of hydrogen-bond acceptors (Lipinski definition) is 4. The first-order valence-corrected chi connectivity index (χ1v) is 9.80. The molecule has 3 atom stereocenters. The lowest BCUT2D eigenvalue weighted by Crippen LogP contribution is -2.46. The van der Waals surface area contributed by atoms with Gasteiger partial charge in [0.25, 0.3) is 0 Å². The molecule has 2 saturated heterocycles. The number of hydrogen-bond donors (Lipinski definition) is 1. The molecular weight excluding hydrogens is 370 g/mol. The Morgan fingerprint density at radius 3 is 3.04 bits per heavy atom. The number of nitrogens with zero attached hydrogens (tertiary/aromatic N) is 1. The number of halogens is 1. The van der Waals surface area contributed by atoms with Crippen molar-refractivity contribution in [2.45, 2.75) is 44.2 Å². The lowest BCUT2D eigenvalue weighted by atomic mass is 9.89. The van der Waals surface area contributed by atoms with E-state index in [1.807, 2.05) is 6.07 Å². The maximum absolute atomic E-state index is 10.3. The summed E-state index contributed by atoms with van der Waals surface area (Å²) in [5.41, 5.74) is 1.26. The summed E-state index contributed by atoms with van der Waals surface area (Å²) >= 11 is 3.49. The lowest BCUT2D eigenvalue weighted by Gasteiger charge is -2.37. The first-order valence-electron chi connectivity index (χ1n) is 9.01. The van der Waals surface area contributed by atoms with Crippen LogP contribution in [-0.2, 0) is 11.2 Å². The molecule has 0 aliphatic carbocycles. The van der Waals surface area contributed by atoms with Crippen LogP contribution < -0.4 is 4.74 Å². The van der Waals surface area contributed by atoms with Crippen LogP contribution in [0.1, 0.15) is 31.2 Å². The van der Waals surface area contributed by atoms with E-state index >= 15 is 0 Å². The van der Waals surface area contributed by atoms with E-state index < -0.39 is 0 Å². The highest BCUT2D eigenvalue weighted by molar-refractivity contribution is 9.10. The van der Waals surface area contributed by atoms with E-state index in [1.165, 1.54) is 18.4 Å². The summed E-state index contributed by atoms with van der Waals surface area (Å²) < 4.78 is 12.2. The highest BCUT2D eigenvalue weighted by Crippen LogP contribution is 2.30. The van der Waals surface area contributed by atoms with Crippen molar-refractivity contribution in [2.75, 3.05) is 33.4 Å². The molecule has 0 radical (unpaired) electrons. The summed E-state index contributed by atoms with van der Waals surface area (Å²) in [6.07, 6.45) is 5.13. The second kappa shape index (κ2) is 8.65. The number of likely N-dealkylation sites (tertiary alicyclic amines) is 1. The molecule has 0 spiro atoms. The smallest absolute Gasteiger partial charge is 0.123 e. The molecule has 0 saturated carbocycles. The second-order valence-electron chi connectivity index (χ2n) is 6.90. The molecule has 1 aromatic rings. The first-order chi connectivity index (χ1) is 11.7. The minimum atomic E-state index is -0.198. The number of methoxy groups -OCH3 is 1. The van der Waals surface area contributed by atoms with Crippen LogP contribution in [0.5, 0.6) is 5.75 Å². The third kappa shape index (κ3) is 4.31. The Bertz CT molecular complexity index is 539. The summed E-state index contributed by atoms with van der Waals surface area (Å²) in [6.45, 7) is 3.63. The third-order valence-corrected chi connectivity index (χ3v) is 5.90. The molecule has 2 fully saturated rings. The van der Waals surface area contributed by atoms with Crippen LogP contribution in [0.3, 0.4) is 0 Å². The van der Waals surface area contributed by atoms with E-state index in [-0.39, 0.29) is 12.0 Å². The van der Waals surface area contributed by atoms with Crippen molar-refractivity contribution >= 4 is 15.9 Å². The molecule has 2 aliphatic heterocycles. The van der Waals surface area contributed by atoms with Gasteiger partial charge in [-0.3, -0.25) is 4.90 Å². The zero-order valence-electron chi connectivity index (χ0n) is 14.4. The van der Waals surface area contributed by atoms with E-state index in [0.717, 1.165) is 42.6 Å². The van der Waals surface area contributed by atoms with Crippen molar-refractivity contribution < 1.29 is 14.6 Å². The zero-order chi connectivity index (χ0) is 16.9. The molecule has 1 aromatic carbocycles. The topological polar surface area (TPSA) is 41.9 Å². The Labute approximate surface area is 153 Å². The molecular formula is C19H28BrNO3. The largest absolute Gasteiger partial charge is 0.496 e. The summed E-state index contributed by atoms with van der Waals surface area (Å²) in [5.74, 6) is 1.24. The van der Waals surface area contributed by atoms with Crippen LogP contribution in [0, 0.1) is 5.92 Å². The molecule has 1 N–H and O–H groups in total. The SMILES string of the molecule is COc1cc(Br)ccc1CCCN1CCCC1C1COCCC1O. The van der Waals surface area contributed by atoms with E-state index in [2.05, 4.69) is 33.0 Å². The minimum absolute atomic E-state index is 0.198. The van der Waals surface area contributed by atoms with Crippen molar-refractivity contribution in [3.8, 4) is 5.75 Å². The van der Waals surface area contributed by atoms with Gasteiger partial charge in [-0.25, -0.2) is 0 Å². The van der Waals surface area contributed by atoms with Gasteiger partial charge in [-0.05, 0) is 62.9 Å². The highest BCUT2D eigenvalue weighted by Gasteiger charge is 2.37. The van der Waals surface area contributed by atoms with Crippen LogP contribution in [0.25, 0.3) is 0 Å². The summed E-state index contributed by atoms with van der Waals surface area (Å²) in [5, 5.41) is 10.3. The molecule has 24 heavy (non-hydrogen) atoms. The van der Waals surface area contributed by atoms with Gasteiger partial charge in [-0.1, -0.05) is 22.0 Å². The molecule has 2 heterocycles. The van der Waals surface area contributed by atoms with Crippen LogP contribution in [0.4, 0.5) is 0 Å². The van der Waals surface area contributed by atoms with Crippen LogP contribution in [0.15, 0.2) is 22.7 Å². The van der Waals surface area contributed by atoms with Crippen LogP contribution in [-0.4, -0.2) is 55.6 Å². The van der Waals surface area contributed by atoms with Gasteiger partial charge < -0.3 is 14.6 Å². The Morgan fingerprint density at radius 2 is 2.25 bits per heavy atom. The Morgan fingerprint density at radius 1 is 1.38 bits per heavy atom. The fourth-order valence-corrected chi connectivity index (χ4v) is 4.47. The molecule has 0 bridgehead atoms. The Kier molecular flexibility index (Phi) is 6.56. The van der Waals surface area contributed by atoms with Crippen molar-refractivity contribution in [1.29, 1.82) is 0 Å². The van der Waals surface area contributed by atoms with Crippen LogP contribution >= 0.6 is 15.9 Å². The standard InChI is InChI=1S/C19H28BrNO3/c1-23-19-12-15(20)7-6-14(19)4-2-9-21-10-3-5-17(21)16-13-24-11-8-18(16)22/h6-7,12,16-18,22H,2-5,8-11,13H2,1H3. The predicted molar refractivity (Wildman–Crippen MR) is 98.5 cm³/mol. The fraction of sp³-hybridized carbons (Fsp3) is 0.684. The Hall–Kier alpha value is -0.620. The molecule has 3 rings (SSSR count). The van der Waals surface area contributed by atoms with Crippen molar-refractivity contribution in [3.63, 3.8) is 0 Å². The van der Waals surface area contributed by atoms with Gasteiger partial charge in [0.05, 0.1) is 19.8 Å². The normalized spacial score (nSPS) is 28.2. The maximum atomic E-state index is 10.3. The summed E-state index contributed by atoms with van der Waals surface area (Å²) in [6, 6.07) is 6.73. The number of aliphatic hydroxyl groups excluding tert-OH is 1. The third-order valence-electron chi connectivity index (χ3n) is 5.41.